The van der Waals surface area contributed by atoms with Crippen LogP contribution in [0.3, 0.4) is 0 Å². The quantitative estimate of drug-likeness (QED) is 0.145. The molecular formula is C11H9Cl9N2O6S2. The average Bonchev–Trinajstić information content (AvgIpc) is 2.57. The van der Waals surface area contributed by atoms with E-state index in [9.17, 15) is 14.4 Å². The number of thiocarbonyl (C=S) groups is 1. The fourth-order valence-corrected chi connectivity index (χ4v) is 2.15. The molecule has 0 atom stereocenters. The van der Waals surface area contributed by atoms with E-state index in [2.05, 4.69) is 9.47 Å². The van der Waals surface area contributed by atoms with Crippen molar-refractivity contribution < 1.29 is 28.6 Å². The first-order chi connectivity index (χ1) is 13.4. The van der Waals surface area contributed by atoms with Gasteiger partial charge in [-0.15, -0.1) is 5.01 Å². The van der Waals surface area contributed by atoms with E-state index in [1.165, 1.54) is 6.26 Å². The van der Waals surface area contributed by atoms with Crippen molar-refractivity contribution in [3.8, 4) is 0 Å². The molecule has 30 heavy (non-hydrogen) atoms. The lowest BCUT2D eigenvalue weighted by molar-refractivity contribution is 0.0124. The predicted octanol–water partition coefficient (Wildman–Crippen LogP) is 6.67. The number of carbonyl (C=O) groups excluding carboxylic acids is 3. The highest BCUT2D eigenvalue weighted by Crippen LogP contribution is 2.29. The topological polar surface area (TPSA) is 85.4 Å². The summed E-state index contributed by atoms with van der Waals surface area (Å²) in [5.74, 6) is 0. The van der Waals surface area contributed by atoms with Crippen LogP contribution in [0.2, 0.25) is 0 Å². The van der Waals surface area contributed by atoms with Gasteiger partial charge >= 0.3 is 18.3 Å². The molecule has 0 unspecified atom stereocenters. The minimum Gasteiger partial charge on any atom is -0.443 e. The zero-order chi connectivity index (χ0) is 23.9. The van der Waals surface area contributed by atoms with E-state index in [-0.39, 0.29) is 14.3 Å². The molecule has 0 bridgehead atoms. The second kappa shape index (κ2) is 13.1. The lowest BCUT2D eigenvalue weighted by Crippen LogP contribution is -2.55. The third kappa shape index (κ3) is 13.6. The molecule has 0 saturated carbocycles. The summed E-state index contributed by atoms with van der Waals surface area (Å²) in [6.07, 6.45) is -3.12. The summed E-state index contributed by atoms with van der Waals surface area (Å²) in [4.78, 5) is 37.4. The highest BCUT2D eigenvalue weighted by atomic mass is 35.6. The zero-order valence-corrected chi connectivity index (χ0v) is 22.6. The Bertz CT molecular complexity index is 623. The molecular weight excluding hydrogens is 639 g/mol. The number of hydrogen-bond acceptors (Lipinski definition) is 8. The summed E-state index contributed by atoms with van der Waals surface area (Å²) in [6.45, 7) is -2.42. The number of nitrogens with zero attached hydrogens (tertiary/aromatic N) is 2. The molecule has 0 aliphatic heterocycles. The van der Waals surface area contributed by atoms with Crippen LogP contribution in [0.15, 0.2) is 0 Å². The number of amides is 3. The minimum atomic E-state index is -2.05. The molecule has 0 rings (SSSR count). The summed E-state index contributed by atoms with van der Waals surface area (Å²) in [5, 5.41) is 0.226. The van der Waals surface area contributed by atoms with Crippen molar-refractivity contribution in [1.29, 1.82) is 0 Å². The predicted molar refractivity (Wildman–Crippen MR) is 125 cm³/mol. The van der Waals surface area contributed by atoms with Crippen LogP contribution in [0.1, 0.15) is 0 Å². The highest BCUT2D eigenvalue weighted by Gasteiger charge is 2.41. The van der Waals surface area contributed by atoms with Crippen molar-refractivity contribution in [3.05, 3.63) is 0 Å². The minimum absolute atomic E-state index is 0.0215. The van der Waals surface area contributed by atoms with Crippen molar-refractivity contribution in [3.63, 3.8) is 0 Å². The number of thioether (sulfide) groups is 1. The Hall–Kier alpha value is 1.06. The van der Waals surface area contributed by atoms with E-state index in [4.69, 9.17) is 121 Å². The summed E-state index contributed by atoms with van der Waals surface area (Å²) >= 11 is 55.3. The number of imide groups is 1. The fourth-order valence-electron chi connectivity index (χ4n) is 1.18. The first-order valence-electron chi connectivity index (χ1n) is 6.76. The molecule has 0 aliphatic rings. The third-order valence-electron chi connectivity index (χ3n) is 2.14. The van der Waals surface area contributed by atoms with Gasteiger partial charge in [0.25, 0.3) is 0 Å². The van der Waals surface area contributed by atoms with Crippen molar-refractivity contribution in [2.45, 2.75) is 11.4 Å². The smallest absolute Gasteiger partial charge is 0.439 e. The summed E-state index contributed by atoms with van der Waals surface area (Å²) in [7, 11) is 0. The van der Waals surface area contributed by atoms with Crippen molar-refractivity contribution in [1.82, 2.24) is 10.0 Å². The van der Waals surface area contributed by atoms with E-state index in [0.29, 0.717) is 0 Å². The summed E-state index contributed by atoms with van der Waals surface area (Å²) < 4.78 is 7.61. The van der Waals surface area contributed by atoms with E-state index < -0.39 is 49.5 Å². The molecule has 0 fully saturated rings. The van der Waals surface area contributed by atoms with Crippen molar-refractivity contribution in [2.24, 2.45) is 0 Å². The largest absolute Gasteiger partial charge is 0.443 e. The Morgan fingerprint density at radius 1 is 0.700 bits per heavy atom. The molecule has 0 aliphatic carbocycles. The van der Waals surface area contributed by atoms with E-state index >= 15 is 0 Å². The van der Waals surface area contributed by atoms with Crippen LogP contribution in [0.25, 0.3) is 0 Å². The molecule has 19 heteroatoms. The Labute approximate surface area is 225 Å². The number of carbonyl (C=O) groups is 3. The van der Waals surface area contributed by atoms with Gasteiger partial charge in [0.05, 0.1) is 0 Å². The first kappa shape index (κ1) is 31.1. The Morgan fingerprint density at radius 3 is 1.20 bits per heavy atom. The fraction of sp³-hybridized carbons (Fsp3) is 0.636. The van der Waals surface area contributed by atoms with Gasteiger partial charge in [0, 0.05) is 0 Å². The van der Waals surface area contributed by atoms with Gasteiger partial charge in [0.15, 0.2) is 4.32 Å². The van der Waals surface area contributed by atoms with Crippen LogP contribution in [-0.2, 0) is 14.2 Å². The number of hydrazine groups is 1. The number of ether oxygens (including phenoxy) is 3. The normalized spacial score (nSPS) is 12.1. The molecule has 0 aromatic carbocycles. The summed E-state index contributed by atoms with van der Waals surface area (Å²) in [5.41, 5.74) is 0. The highest BCUT2D eigenvalue weighted by molar-refractivity contribution is 8.22. The van der Waals surface area contributed by atoms with Gasteiger partial charge in [-0.3, -0.25) is 0 Å². The van der Waals surface area contributed by atoms with Gasteiger partial charge in [-0.05, 0) is 6.26 Å². The number of alkyl halides is 9. The standard InChI is InChI=1S/C11H9Cl9N2O6S2/c1-30-8(29)22(7(25)28-4-11(18,19)20)21(5(23)26-2-9(12,13)14)6(24)27-3-10(15,16)17/h2-4H2,1H3. The molecule has 0 aromatic heterocycles. The number of rotatable bonds is 3. The van der Waals surface area contributed by atoms with E-state index in [0.717, 1.165) is 11.8 Å². The summed E-state index contributed by atoms with van der Waals surface area (Å²) in [6, 6.07) is 0. The van der Waals surface area contributed by atoms with Gasteiger partial charge < -0.3 is 14.2 Å². The molecule has 0 heterocycles. The van der Waals surface area contributed by atoms with Gasteiger partial charge in [-0.25, -0.2) is 14.4 Å². The molecule has 0 saturated heterocycles. The zero-order valence-electron chi connectivity index (χ0n) is 14.2. The van der Waals surface area contributed by atoms with E-state index in [1.54, 1.807) is 0 Å². The van der Waals surface area contributed by atoms with Crippen LogP contribution >= 0.6 is 128 Å². The molecule has 0 radical (unpaired) electrons. The molecule has 0 N–H and O–H groups in total. The Kier molecular flexibility index (Phi) is 13.5. The monoisotopic (exact) mass is 644 g/mol. The molecule has 174 valence electrons. The number of halogens is 9. The van der Waals surface area contributed by atoms with Crippen molar-refractivity contribution >= 4 is 151 Å². The average molecular weight is 648 g/mol. The van der Waals surface area contributed by atoms with Crippen LogP contribution in [0.5, 0.6) is 0 Å². The molecule has 0 spiro atoms. The van der Waals surface area contributed by atoms with Gasteiger partial charge in [0.1, 0.15) is 19.8 Å². The maximum atomic E-state index is 12.5. The SMILES string of the molecule is CSC(=S)N(C(=O)OCC(Cl)(Cl)Cl)N(C(=O)OCC(Cl)(Cl)Cl)C(=O)OCC(Cl)(Cl)Cl. The Morgan fingerprint density at radius 2 is 0.967 bits per heavy atom. The second-order valence-electron chi connectivity index (χ2n) is 4.60. The lowest BCUT2D eigenvalue weighted by Gasteiger charge is -2.31. The number of hydrogen-bond donors (Lipinski definition) is 0. The van der Waals surface area contributed by atoms with Crippen LogP contribution in [0.4, 0.5) is 14.4 Å². The maximum absolute atomic E-state index is 12.5. The van der Waals surface area contributed by atoms with Gasteiger partial charge in [-0.1, -0.05) is 128 Å². The molecule has 8 nitrogen and oxygen atoms in total. The first-order valence-corrected chi connectivity index (χ1v) is 11.8. The van der Waals surface area contributed by atoms with Gasteiger partial charge in [0.2, 0.25) is 11.4 Å². The van der Waals surface area contributed by atoms with Crippen LogP contribution < -0.4 is 0 Å². The second-order valence-corrected chi connectivity index (χ2v) is 13.6. The van der Waals surface area contributed by atoms with Crippen LogP contribution in [0, 0.1) is 0 Å². The van der Waals surface area contributed by atoms with E-state index in [1.807, 2.05) is 0 Å². The van der Waals surface area contributed by atoms with Gasteiger partial charge in [-0.2, -0.15) is 5.01 Å². The molecule has 3 amide bonds. The van der Waals surface area contributed by atoms with Crippen LogP contribution in [-0.4, -0.2) is 70.1 Å². The Balaban J connectivity index is 5.88. The third-order valence-corrected chi connectivity index (χ3v) is 4.32. The van der Waals surface area contributed by atoms with Crippen molar-refractivity contribution in [2.75, 3.05) is 26.1 Å². The lowest BCUT2D eigenvalue weighted by atomic mass is 10.7. The maximum Gasteiger partial charge on any atom is 0.439 e. The molecule has 0 aromatic rings.